The zero-order valence-electron chi connectivity index (χ0n) is 11.6. The molecular formula is C14H20N2O3S. The SMILES string of the molecule is Cc1nc(CNC(=O)CC2(CC(=O)O)CCCC2)cs1. The van der Waals surface area contributed by atoms with Gasteiger partial charge in [-0.3, -0.25) is 9.59 Å². The number of carbonyl (C=O) groups excluding carboxylic acids is 1. The number of carboxylic acids is 1. The maximum atomic E-state index is 12.0. The fraction of sp³-hybridized carbons (Fsp3) is 0.643. The third-order valence-corrected chi connectivity index (χ3v) is 4.68. The Morgan fingerprint density at radius 3 is 2.65 bits per heavy atom. The van der Waals surface area contributed by atoms with E-state index in [0.717, 1.165) is 36.4 Å². The molecule has 6 heteroatoms. The average molecular weight is 296 g/mol. The van der Waals surface area contributed by atoms with Crippen LogP contribution in [0.3, 0.4) is 0 Å². The highest BCUT2D eigenvalue weighted by Gasteiger charge is 2.37. The van der Waals surface area contributed by atoms with Gasteiger partial charge in [0, 0.05) is 11.8 Å². The molecule has 2 N–H and O–H groups in total. The van der Waals surface area contributed by atoms with Gasteiger partial charge >= 0.3 is 5.97 Å². The third-order valence-electron chi connectivity index (χ3n) is 3.86. The Labute approximate surface area is 122 Å². The Hall–Kier alpha value is -1.43. The summed E-state index contributed by atoms with van der Waals surface area (Å²) in [6.07, 6.45) is 4.11. The van der Waals surface area contributed by atoms with Gasteiger partial charge in [-0.15, -0.1) is 11.3 Å². The van der Waals surface area contributed by atoms with Gasteiger partial charge in [-0.2, -0.15) is 0 Å². The first-order valence-electron chi connectivity index (χ1n) is 6.89. The minimum absolute atomic E-state index is 0.0706. The lowest BCUT2D eigenvalue weighted by Crippen LogP contribution is -2.31. The van der Waals surface area contributed by atoms with Crippen LogP contribution in [-0.4, -0.2) is 22.0 Å². The molecule has 1 heterocycles. The molecule has 0 unspecified atom stereocenters. The van der Waals surface area contributed by atoms with Gasteiger partial charge in [0.2, 0.25) is 5.91 Å². The molecule has 1 amide bonds. The maximum absolute atomic E-state index is 12.0. The summed E-state index contributed by atoms with van der Waals surface area (Å²) in [6, 6.07) is 0. The van der Waals surface area contributed by atoms with Gasteiger partial charge in [-0.25, -0.2) is 4.98 Å². The van der Waals surface area contributed by atoms with Crippen molar-refractivity contribution in [2.24, 2.45) is 5.41 Å². The van der Waals surface area contributed by atoms with Crippen LogP contribution in [0.25, 0.3) is 0 Å². The Kier molecular flexibility index (Phi) is 4.75. The van der Waals surface area contributed by atoms with Gasteiger partial charge in [0.05, 0.1) is 23.7 Å². The summed E-state index contributed by atoms with van der Waals surface area (Å²) in [5.74, 6) is -0.881. The summed E-state index contributed by atoms with van der Waals surface area (Å²) in [5, 5.41) is 14.8. The summed E-state index contributed by atoms with van der Waals surface area (Å²) in [5.41, 5.74) is 0.521. The predicted molar refractivity (Wildman–Crippen MR) is 76.5 cm³/mol. The summed E-state index contributed by atoms with van der Waals surface area (Å²) in [4.78, 5) is 27.3. The molecule has 2 rings (SSSR count). The molecule has 1 fully saturated rings. The van der Waals surface area contributed by atoms with Gasteiger partial charge in [0.1, 0.15) is 0 Å². The quantitative estimate of drug-likeness (QED) is 0.845. The molecule has 0 spiro atoms. The van der Waals surface area contributed by atoms with Crippen LogP contribution in [0.4, 0.5) is 0 Å². The second-order valence-electron chi connectivity index (χ2n) is 5.59. The zero-order chi connectivity index (χ0) is 14.6. The largest absolute Gasteiger partial charge is 0.481 e. The van der Waals surface area contributed by atoms with E-state index in [0.29, 0.717) is 13.0 Å². The van der Waals surface area contributed by atoms with Crippen LogP contribution in [-0.2, 0) is 16.1 Å². The van der Waals surface area contributed by atoms with E-state index in [4.69, 9.17) is 5.11 Å². The standard InChI is InChI=1S/C14H20N2O3S/c1-10-16-11(9-20-10)8-15-12(17)6-14(7-13(18)19)4-2-3-5-14/h9H,2-8H2,1H3,(H,15,17)(H,18,19). The van der Waals surface area contributed by atoms with Crippen LogP contribution in [0.5, 0.6) is 0 Å². The molecule has 0 atom stereocenters. The number of aliphatic carboxylic acids is 1. The monoisotopic (exact) mass is 296 g/mol. The predicted octanol–water partition coefficient (Wildman–Crippen LogP) is 2.49. The Bertz CT molecular complexity index is 492. The van der Waals surface area contributed by atoms with Crippen LogP contribution in [0, 0.1) is 12.3 Å². The zero-order valence-corrected chi connectivity index (χ0v) is 12.5. The van der Waals surface area contributed by atoms with Gasteiger partial charge in [-0.05, 0) is 25.2 Å². The van der Waals surface area contributed by atoms with E-state index in [1.165, 1.54) is 0 Å². The minimum atomic E-state index is -0.810. The molecule has 1 saturated carbocycles. The first-order valence-corrected chi connectivity index (χ1v) is 7.77. The van der Waals surface area contributed by atoms with E-state index >= 15 is 0 Å². The smallest absolute Gasteiger partial charge is 0.303 e. The number of thiazole rings is 1. The average Bonchev–Trinajstić information content (AvgIpc) is 2.95. The second kappa shape index (κ2) is 6.35. The van der Waals surface area contributed by atoms with Crippen molar-refractivity contribution in [3.05, 3.63) is 16.1 Å². The van der Waals surface area contributed by atoms with Crippen molar-refractivity contribution in [2.45, 2.75) is 52.0 Å². The molecular weight excluding hydrogens is 276 g/mol. The van der Waals surface area contributed by atoms with Crippen molar-refractivity contribution in [3.63, 3.8) is 0 Å². The number of carbonyl (C=O) groups is 2. The molecule has 1 aromatic rings. The lowest BCUT2D eigenvalue weighted by molar-refractivity contribution is -0.140. The van der Waals surface area contributed by atoms with E-state index in [1.54, 1.807) is 11.3 Å². The van der Waals surface area contributed by atoms with Crippen LogP contribution >= 0.6 is 11.3 Å². The first kappa shape index (κ1) is 15.0. The number of carboxylic acid groups (broad SMARTS) is 1. The molecule has 1 aliphatic rings. The van der Waals surface area contributed by atoms with Gasteiger partial charge in [0.15, 0.2) is 0 Å². The van der Waals surface area contributed by atoms with Crippen molar-refractivity contribution in [1.29, 1.82) is 0 Å². The van der Waals surface area contributed by atoms with Crippen molar-refractivity contribution >= 4 is 23.2 Å². The van der Waals surface area contributed by atoms with E-state index in [1.807, 2.05) is 12.3 Å². The second-order valence-corrected chi connectivity index (χ2v) is 6.65. The fourth-order valence-electron chi connectivity index (χ4n) is 2.94. The van der Waals surface area contributed by atoms with E-state index < -0.39 is 5.97 Å². The topological polar surface area (TPSA) is 79.3 Å². The number of rotatable bonds is 6. The van der Waals surface area contributed by atoms with E-state index in [-0.39, 0.29) is 17.7 Å². The number of amides is 1. The van der Waals surface area contributed by atoms with Crippen LogP contribution in [0.1, 0.15) is 49.2 Å². The normalized spacial score (nSPS) is 17.1. The molecule has 110 valence electrons. The Balaban J connectivity index is 1.87. The molecule has 5 nitrogen and oxygen atoms in total. The molecule has 0 saturated heterocycles. The Morgan fingerprint density at radius 2 is 2.10 bits per heavy atom. The van der Waals surface area contributed by atoms with E-state index in [2.05, 4.69) is 10.3 Å². The van der Waals surface area contributed by atoms with Crippen molar-refractivity contribution in [1.82, 2.24) is 10.3 Å². The summed E-state index contributed by atoms with van der Waals surface area (Å²) < 4.78 is 0. The molecule has 1 aromatic heterocycles. The summed E-state index contributed by atoms with van der Waals surface area (Å²) in [6.45, 7) is 2.35. The molecule has 0 radical (unpaired) electrons. The number of nitrogens with zero attached hydrogens (tertiary/aromatic N) is 1. The molecule has 1 aliphatic carbocycles. The summed E-state index contributed by atoms with van der Waals surface area (Å²) in [7, 11) is 0. The fourth-order valence-corrected chi connectivity index (χ4v) is 3.56. The lowest BCUT2D eigenvalue weighted by atomic mass is 9.79. The summed E-state index contributed by atoms with van der Waals surface area (Å²) >= 11 is 1.56. The van der Waals surface area contributed by atoms with Crippen LogP contribution in [0.2, 0.25) is 0 Å². The highest BCUT2D eigenvalue weighted by atomic mass is 32.1. The van der Waals surface area contributed by atoms with Gasteiger partial charge < -0.3 is 10.4 Å². The van der Waals surface area contributed by atoms with Crippen molar-refractivity contribution < 1.29 is 14.7 Å². The van der Waals surface area contributed by atoms with Crippen molar-refractivity contribution in [3.8, 4) is 0 Å². The minimum Gasteiger partial charge on any atom is -0.481 e. The number of hydrogen-bond donors (Lipinski definition) is 2. The molecule has 0 aromatic carbocycles. The number of aryl methyl sites for hydroxylation is 1. The molecule has 0 bridgehead atoms. The Morgan fingerprint density at radius 1 is 1.40 bits per heavy atom. The number of aromatic nitrogens is 1. The third kappa shape index (κ3) is 4.03. The highest BCUT2D eigenvalue weighted by molar-refractivity contribution is 7.09. The highest BCUT2D eigenvalue weighted by Crippen LogP contribution is 2.43. The van der Waals surface area contributed by atoms with Gasteiger partial charge in [0.25, 0.3) is 0 Å². The first-order chi connectivity index (χ1) is 9.49. The lowest BCUT2D eigenvalue weighted by Gasteiger charge is -2.26. The maximum Gasteiger partial charge on any atom is 0.303 e. The van der Waals surface area contributed by atoms with E-state index in [9.17, 15) is 9.59 Å². The number of hydrogen-bond acceptors (Lipinski definition) is 4. The van der Waals surface area contributed by atoms with Crippen LogP contribution in [0.15, 0.2) is 5.38 Å². The van der Waals surface area contributed by atoms with Crippen molar-refractivity contribution in [2.75, 3.05) is 0 Å². The van der Waals surface area contributed by atoms with Crippen LogP contribution < -0.4 is 5.32 Å². The number of nitrogens with one attached hydrogen (secondary N) is 1. The molecule has 0 aliphatic heterocycles. The molecule has 20 heavy (non-hydrogen) atoms. The van der Waals surface area contributed by atoms with Gasteiger partial charge in [-0.1, -0.05) is 12.8 Å².